The third-order valence-electron chi connectivity index (χ3n) is 1.69. The normalized spacial score (nSPS) is 10.2. The summed E-state index contributed by atoms with van der Waals surface area (Å²) in [6, 6.07) is 8.06. The lowest BCUT2D eigenvalue weighted by molar-refractivity contribution is 0.601. The van der Waals surface area contributed by atoms with E-state index in [-0.39, 0.29) is 5.82 Å². The molecular formula is C10H8FN3S. The van der Waals surface area contributed by atoms with E-state index in [9.17, 15) is 4.39 Å². The Morgan fingerprint density at radius 1 is 1.20 bits per heavy atom. The lowest BCUT2D eigenvalue weighted by atomic mass is 10.4. The molecule has 1 aromatic carbocycles. The summed E-state index contributed by atoms with van der Waals surface area (Å²) in [7, 11) is 0. The van der Waals surface area contributed by atoms with E-state index in [1.54, 1.807) is 30.5 Å². The summed E-state index contributed by atoms with van der Waals surface area (Å²) < 4.78 is 13.3. The highest BCUT2D eigenvalue weighted by atomic mass is 32.2. The molecule has 0 aliphatic rings. The van der Waals surface area contributed by atoms with Crippen LogP contribution in [0.5, 0.6) is 0 Å². The lowest BCUT2D eigenvalue weighted by Gasteiger charge is -2.01. The second kappa shape index (κ2) is 4.27. The van der Waals surface area contributed by atoms with Crippen LogP contribution in [0.3, 0.4) is 0 Å². The molecule has 0 unspecified atom stereocenters. The molecule has 76 valence electrons. The smallest absolute Gasteiger partial charge is 0.194 e. The Balaban J connectivity index is 2.26. The Kier molecular flexibility index (Phi) is 2.82. The van der Waals surface area contributed by atoms with Crippen molar-refractivity contribution < 1.29 is 4.39 Å². The molecule has 0 saturated heterocycles. The number of nitrogens with two attached hydrogens (primary N) is 1. The van der Waals surface area contributed by atoms with Crippen molar-refractivity contribution in [3.05, 3.63) is 42.3 Å². The quantitative estimate of drug-likeness (QED) is 0.791. The van der Waals surface area contributed by atoms with Crippen molar-refractivity contribution in [2.75, 3.05) is 5.73 Å². The fourth-order valence-corrected chi connectivity index (χ4v) is 1.80. The van der Waals surface area contributed by atoms with Crippen molar-refractivity contribution >= 4 is 17.6 Å². The Morgan fingerprint density at radius 2 is 2.00 bits per heavy atom. The summed E-state index contributed by atoms with van der Waals surface area (Å²) in [6.45, 7) is 0. The fraction of sp³-hybridized carbons (Fsp3) is 0. The van der Waals surface area contributed by atoms with Gasteiger partial charge in [0.15, 0.2) is 5.16 Å². The average molecular weight is 221 g/mol. The number of hydrogen-bond acceptors (Lipinski definition) is 4. The van der Waals surface area contributed by atoms with E-state index in [0.29, 0.717) is 15.9 Å². The maximum atomic E-state index is 13.3. The molecule has 0 fully saturated rings. The number of nitrogen functional groups attached to an aromatic ring is 1. The molecule has 0 aliphatic heterocycles. The minimum absolute atomic E-state index is 0.284. The third-order valence-corrected chi connectivity index (χ3v) is 2.62. The summed E-state index contributed by atoms with van der Waals surface area (Å²) in [5, 5.41) is 0.445. The Morgan fingerprint density at radius 3 is 2.73 bits per heavy atom. The first-order chi connectivity index (χ1) is 7.25. The summed E-state index contributed by atoms with van der Waals surface area (Å²) in [5.41, 5.74) is 5.49. The minimum Gasteiger partial charge on any atom is -0.384 e. The molecule has 2 N–H and O–H groups in total. The van der Waals surface area contributed by atoms with E-state index in [2.05, 4.69) is 9.97 Å². The Bertz CT molecular complexity index is 476. The van der Waals surface area contributed by atoms with Crippen LogP contribution in [0.4, 0.5) is 10.2 Å². The lowest BCUT2D eigenvalue weighted by Crippen LogP contribution is -1.93. The van der Waals surface area contributed by atoms with Crippen molar-refractivity contribution in [3.8, 4) is 0 Å². The molecule has 2 aromatic rings. The van der Waals surface area contributed by atoms with E-state index in [1.807, 2.05) is 0 Å². The number of halogens is 1. The topological polar surface area (TPSA) is 51.8 Å². The van der Waals surface area contributed by atoms with Gasteiger partial charge in [-0.05, 0) is 30.0 Å². The largest absolute Gasteiger partial charge is 0.384 e. The summed E-state index contributed by atoms with van der Waals surface area (Å²) in [4.78, 5) is 8.44. The van der Waals surface area contributed by atoms with Gasteiger partial charge in [-0.2, -0.15) is 0 Å². The Labute approximate surface area is 90.6 Å². The van der Waals surface area contributed by atoms with Crippen molar-refractivity contribution in [2.45, 2.75) is 10.1 Å². The van der Waals surface area contributed by atoms with E-state index in [4.69, 9.17) is 5.73 Å². The van der Waals surface area contributed by atoms with Gasteiger partial charge in [-0.3, -0.25) is 0 Å². The van der Waals surface area contributed by atoms with Crippen LogP contribution in [0, 0.1) is 5.82 Å². The molecule has 1 aromatic heterocycles. The van der Waals surface area contributed by atoms with Gasteiger partial charge in [0, 0.05) is 6.20 Å². The average Bonchev–Trinajstić information content (AvgIpc) is 2.22. The first-order valence-corrected chi connectivity index (χ1v) is 5.08. The zero-order valence-corrected chi connectivity index (χ0v) is 8.54. The van der Waals surface area contributed by atoms with Gasteiger partial charge in [0.2, 0.25) is 0 Å². The molecule has 0 saturated carbocycles. The van der Waals surface area contributed by atoms with Crippen LogP contribution in [0.25, 0.3) is 0 Å². The van der Waals surface area contributed by atoms with E-state index in [1.165, 1.54) is 6.07 Å². The van der Waals surface area contributed by atoms with Crippen LogP contribution in [-0.2, 0) is 0 Å². The fourth-order valence-electron chi connectivity index (χ4n) is 1.03. The van der Waals surface area contributed by atoms with Gasteiger partial charge < -0.3 is 5.73 Å². The van der Waals surface area contributed by atoms with Crippen molar-refractivity contribution in [3.63, 3.8) is 0 Å². The van der Waals surface area contributed by atoms with E-state index >= 15 is 0 Å². The van der Waals surface area contributed by atoms with Gasteiger partial charge >= 0.3 is 0 Å². The number of hydrogen-bond donors (Lipinski definition) is 1. The first kappa shape index (κ1) is 9.92. The van der Waals surface area contributed by atoms with Crippen molar-refractivity contribution in [2.24, 2.45) is 0 Å². The second-order valence-corrected chi connectivity index (χ2v) is 3.81. The molecule has 1 heterocycles. The second-order valence-electron chi connectivity index (χ2n) is 2.80. The summed E-state index contributed by atoms with van der Waals surface area (Å²) >= 11 is 1.15. The molecule has 0 radical (unpaired) electrons. The minimum atomic E-state index is -0.284. The Hall–Kier alpha value is -1.62. The van der Waals surface area contributed by atoms with E-state index < -0.39 is 0 Å². The van der Waals surface area contributed by atoms with Gasteiger partial charge in [0.25, 0.3) is 0 Å². The number of nitrogens with zero attached hydrogens (tertiary/aromatic N) is 2. The number of aromatic nitrogens is 2. The summed E-state index contributed by atoms with van der Waals surface area (Å²) in [6.07, 6.45) is 1.55. The number of rotatable bonds is 2. The van der Waals surface area contributed by atoms with Crippen LogP contribution >= 0.6 is 11.8 Å². The predicted octanol–water partition coefficient (Wildman–Crippen LogP) is 2.35. The molecule has 0 aliphatic carbocycles. The molecule has 0 amide bonds. The monoisotopic (exact) mass is 221 g/mol. The number of anilines is 1. The van der Waals surface area contributed by atoms with Gasteiger partial charge in [-0.25, -0.2) is 14.4 Å². The van der Waals surface area contributed by atoms with Gasteiger partial charge in [-0.15, -0.1) is 0 Å². The standard InChI is InChI=1S/C10H8FN3S/c11-7-3-1-2-4-8(7)15-10-13-6-5-9(12)14-10/h1-6H,(H2,12,13,14). The van der Waals surface area contributed by atoms with E-state index in [0.717, 1.165) is 11.8 Å². The molecule has 15 heavy (non-hydrogen) atoms. The zero-order chi connectivity index (χ0) is 10.7. The molecule has 0 bridgehead atoms. The predicted molar refractivity (Wildman–Crippen MR) is 57.0 cm³/mol. The highest BCUT2D eigenvalue weighted by molar-refractivity contribution is 7.99. The molecule has 0 atom stereocenters. The third kappa shape index (κ3) is 2.44. The van der Waals surface area contributed by atoms with Gasteiger partial charge in [0.1, 0.15) is 11.6 Å². The maximum absolute atomic E-state index is 13.3. The van der Waals surface area contributed by atoms with Crippen LogP contribution in [0.2, 0.25) is 0 Å². The van der Waals surface area contributed by atoms with Crippen molar-refractivity contribution in [1.29, 1.82) is 0 Å². The first-order valence-electron chi connectivity index (χ1n) is 4.26. The molecular weight excluding hydrogens is 213 g/mol. The molecule has 2 rings (SSSR count). The molecule has 5 heteroatoms. The van der Waals surface area contributed by atoms with Crippen LogP contribution in [-0.4, -0.2) is 9.97 Å². The van der Waals surface area contributed by atoms with Crippen LogP contribution in [0.1, 0.15) is 0 Å². The van der Waals surface area contributed by atoms with Crippen LogP contribution in [0.15, 0.2) is 46.6 Å². The summed E-state index contributed by atoms with van der Waals surface area (Å²) in [5.74, 6) is 0.0948. The maximum Gasteiger partial charge on any atom is 0.194 e. The zero-order valence-electron chi connectivity index (χ0n) is 7.72. The molecule has 3 nitrogen and oxygen atoms in total. The van der Waals surface area contributed by atoms with Gasteiger partial charge in [-0.1, -0.05) is 12.1 Å². The van der Waals surface area contributed by atoms with Crippen molar-refractivity contribution in [1.82, 2.24) is 9.97 Å². The SMILES string of the molecule is Nc1ccnc(Sc2ccccc2F)n1. The molecule has 0 spiro atoms. The number of benzene rings is 1. The van der Waals surface area contributed by atoms with Gasteiger partial charge in [0.05, 0.1) is 4.90 Å². The highest BCUT2D eigenvalue weighted by Crippen LogP contribution is 2.26. The highest BCUT2D eigenvalue weighted by Gasteiger charge is 2.05. The van der Waals surface area contributed by atoms with Crippen LogP contribution < -0.4 is 5.73 Å².